The van der Waals surface area contributed by atoms with Crippen LogP contribution < -0.4 is 16.4 Å². The lowest BCUT2D eigenvalue weighted by Gasteiger charge is -2.42. The molecule has 4 rings (SSSR count). The summed E-state index contributed by atoms with van der Waals surface area (Å²) in [7, 11) is 0. The summed E-state index contributed by atoms with van der Waals surface area (Å²) < 4.78 is 0. The number of amides is 3. The zero-order chi connectivity index (χ0) is 21.3. The van der Waals surface area contributed by atoms with E-state index in [1.54, 1.807) is 29.2 Å². The van der Waals surface area contributed by atoms with Gasteiger partial charge in [0.25, 0.3) is 0 Å². The third-order valence-corrected chi connectivity index (χ3v) is 6.92. The van der Waals surface area contributed by atoms with Crippen LogP contribution in [-0.4, -0.2) is 42.5 Å². The first-order chi connectivity index (χ1) is 14.4. The molecular formula is C23H27ClN4O2. The lowest BCUT2D eigenvalue weighted by atomic mass is 9.68. The van der Waals surface area contributed by atoms with Gasteiger partial charge in [-0.1, -0.05) is 23.7 Å². The molecule has 6 nitrogen and oxygen atoms in total. The molecule has 2 fully saturated rings. The van der Waals surface area contributed by atoms with Gasteiger partial charge in [0.15, 0.2) is 0 Å². The van der Waals surface area contributed by atoms with Gasteiger partial charge in [-0.05, 0) is 67.6 Å². The maximum Gasteiger partial charge on any atom is 0.324 e. The van der Waals surface area contributed by atoms with Crippen LogP contribution in [0.25, 0.3) is 0 Å². The van der Waals surface area contributed by atoms with Crippen molar-refractivity contribution in [2.24, 2.45) is 11.5 Å². The van der Waals surface area contributed by atoms with Crippen LogP contribution in [0.5, 0.6) is 0 Å². The predicted octanol–water partition coefficient (Wildman–Crippen LogP) is 3.52. The number of urea groups is 1. The van der Waals surface area contributed by atoms with Crippen LogP contribution in [0, 0.1) is 0 Å². The fraction of sp³-hybridized carbons (Fsp3) is 0.391. The topological polar surface area (TPSA) is 92.7 Å². The highest BCUT2D eigenvalue weighted by atomic mass is 35.5. The molecule has 1 heterocycles. The zero-order valence-electron chi connectivity index (χ0n) is 16.9. The van der Waals surface area contributed by atoms with Gasteiger partial charge >= 0.3 is 6.03 Å². The molecule has 3 amide bonds. The molecule has 0 spiro atoms. The second-order valence-electron chi connectivity index (χ2n) is 8.26. The molecule has 0 atom stereocenters. The molecule has 30 heavy (non-hydrogen) atoms. The second-order valence-corrected chi connectivity index (χ2v) is 8.70. The average molecular weight is 427 g/mol. The molecule has 0 bridgehead atoms. The smallest absolute Gasteiger partial charge is 0.324 e. The predicted molar refractivity (Wildman–Crippen MR) is 119 cm³/mol. The summed E-state index contributed by atoms with van der Waals surface area (Å²) in [6.45, 7) is 1.92. The molecule has 1 saturated carbocycles. The zero-order valence-corrected chi connectivity index (χ0v) is 17.6. The summed E-state index contributed by atoms with van der Waals surface area (Å²) in [4.78, 5) is 28.1. The van der Waals surface area contributed by atoms with E-state index >= 15 is 0 Å². The summed E-state index contributed by atoms with van der Waals surface area (Å²) in [5.41, 5.74) is 13.9. The molecule has 1 aliphatic carbocycles. The third kappa shape index (κ3) is 3.77. The Hall–Kier alpha value is -2.57. The summed E-state index contributed by atoms with van der Waals surface area (Å²) in [5.74, 6) is -0.471. The number of halogens is 1. The van der Waals surface area contributed by atoms with Crippen LogP contribution in [0.15, 0.2) is 48.5 Å². The maximum absolute atomic E-state index is 13.1. The Morgan fingerprint density at radius 3 is 2.40 bits per heavy atom. The fourth-order valence-electron chi connectivity index (χ4n) is 4.83. The minimum Gasteiger partial charge on any atom is -0.366 e. The van der Waals surface area contributed by atoms with Gasteiger partial charge in [-0.15, -0.1) is 0 Å². The van der Waals surface area contributed by atoms with Crippen LogP contribution in [0.1, 0.15) is 41.6 Å². The van der Waals surface area contributed by atoms with Gasteiger partial charge in [0.2, 0.25) is 5.91 Å². The van der Waals surface area contributed by atoms with E-state index in [0.717, 1.165) is 36.4 Å². The van der Waals surface area contributed by atoms with E-state index in [1.165, 1.54) is 5.56 Å². The lowest BCUT2D eigenvalue weighted by molar-refractivity contribution is 0.100. The van der Waals surface area contributed by atoms with Gasteiger partial charge in [-0.25, -0.2) is 4.79 Å². The summed E-state index contributed by atoms with van der Waals surface area (Å²) in [6.07, 6.45) is 3.71. The van der Waals surface area contributed by atoms with Crippen LogP contribution in [0.3, 0.4) is 0 Å². The number of primary amides is 1. The molecule has 4 N–H and O–H groups in total. The number of nitrogens with zero attached hydrogens (tertiary/aromatic N) is 2. The van der Waals surface area contributed by atoms with Crippen LogP contribution in [0.2, 0.25) is 5.02 Å². The van der Waals surface area contributed by atoms with Crippen LogP contribution >= 0.6 is 11.6 Å². The van der Waals surface area contributed by atoms with E-state index in [0.29, 0.717) is 25.2 Å². The second kappa shape index (κ2) is 8.28. The number of carbonyl (C=O) groups is 2. The Labute approximate surface area is 181 Å². The first kappa shape index (κ1) is 20.7. The molecule has 0 radical (unpaired) electrons. The summed E-state index contributed by atoms with van der Waals surface area (Å²) in [5, 5.41) is 0.732. The molecule has 2 aliphatic rings. The number of benzene rings is 2. The molecule has 0 aromatic heterocycles. The van der Waals surface area contributed by atoms with Crippen LogP contribution in [0.4, 0.5) is 10.5 Å². The molecule has 158 valence electrons. The van der Waals surface area contributed by atoms with Crippen molar-refractivity contribution in [2.75, 3.05) is 24.5 Å². The van der Waals surface area contributed by atoms with Gasteiger partial charge in [0, 0.05) is 47.4 Å². The Morgan fingerprint density at radius 2 is 1.80 bits per heavy atom. The third-order valence-electron chi connectivity index (χ3n) is 6.69. The number of anilines is 1. The van der Waals surface area contributed by atoms with Crippen molar-refractivity contribution in [3.8, 4) is 0 Å². The van der Waals surface area contributed by atoms with Gasteiger partial charge < -0.3 is 16.4 Å². The largest absolute Gasteiger partial charge is 0.366 e. The van der Waals surface area contributed by atoms with Crippen molar-refractivity contribution in [1.82, 2.24) is 4.90 Å². The van der Waals surface area contributed by atoms with Crippen molar-refractivity contribution in [3.63, 3.8) is 0 Å². The highest BCUT2D eigenvalue weighted by Crippen LogP contribution is 2.41. The minimum absolute atomic E-state index is 0.0230. The first-order valence-electron chi connectivity index (χ1n) is 10.4. The standard InChI is InChI=1S/C23H27ClN4O2/c24-18-3-1-2-17(14-18)23(15-25)10-8-20(9-11-23)28-13-12-27(22(28)30)19-6-4-16(5-7-19)21(26)29/h1-7,14,20H,8-13,15,25H2,(H2,26,29). The molecule has 7 heteroatoms. The fourth-order valence-corrected chi connectivity index (χ4v) is 5.02. The average Bonchev–Trinajstić information content (AvgIpc) is 3.15. The van der Waals surface area contributed by atoms with Gasteiger partial charge in [-0.3, -0.25) is 9.69 Å². The number of carbonyl (C=O) groups excluding carboxylic acids is 2. The SMILES string of the molecule is NCC1(c2cccc(Cl)c2)CCC(N2CCN(c3ccc(C(N)=O)cc3)C2=O)CC1. The first-order valence-corrected chi connectivity index (χ1v) is 10.8. The number of rotatable bonds is 5. The van der Waals surface area contributed by atoms with Crippen molar-refractivity contribution >= 4 is 29.2 Å². The van der Waals surface area contributed by atoms with Crippen molar-refractivity contribution < 1.29 is 9.59 Å². The van der Waals surface area contributed by atoms with Crippen molar-refractivity contribution in [3.05, 3.63) is 64.7 Å². The number of hydrogen-bond acceptors (Lipinski definition) is 3. The van der Waals surface area contributed by atoms with E-state index in [9.17, 15) is 9.59 Å². The highest BCUT2D eigenvalue weighted by molar-refractivity contribution is 6.30. The Balaban J connectivity index is 1.44. The molecule has 1 saturated heterocycles. The van der Waals surface area contributed by atoms with Gasteiger partial charge in [-0.2, -0.15) is 0 Å². The van der Waals surface area contributed by atoms with E-state index < -0.39 is 5.91 Å². The van der Waals surface area contributed by atoms with Crippen molar-refractivity contribution in [1.29, 1.82) is 0 Å². The minimum atomic E-state index is -0.471. The Morgan fingerprint density at radius 1 is 1.10 bits per heavy atom. The Bertz CT molecular complexity index is 938. The van der Waals surface area contributed by atoms with Crippen molar-refractivity contribution in [2.45, 2.75) is 37.1 Å². The van der Waals surface area contributed by atoms with Gasteiger partial charge in [0.1, 0.15) is 0 Å². The summed E-state index contributed by atoms with van der Waals surface area (Å²) in [6, 6.07) is 15.1. The molecule has 2 aromatic carbocycles. The monoisotopic (exact) mass is 426 g/mol. The van der Waals surface area contributed by atoms with E-state index in [4.69, 9.17) is 23.1 Å². The molecule has 1 aliphatic heterocycles. The van der Waals surface area contributed by atoms with E-state index in [2.05, 4.69) is 6.07 Å². The lowest BCUT2D eigenvalue weighted by Crippen LogP contribution is -2.46. The van der Waals surface area contributed by atoms with Gasteiger partial charge in [0.05, 0.1) is 0 Å². The van der Waals surface area contributed by atoms with E-state index in [-0.39, 0.29) is 17.5 Å². The summed E-state index contributed by atoms with van der Waals surface area (Å²) >= 11 is 6.21. The maximum atomic E-state index is 13.1. The molecular weight excluding hydrogens is 400 g/mol. The highest BCUT2D eigenvalue weighted by Gasteiger charge is 2.41. The number of hydrogen-bond donors (Lipinski definition) is 2. The van der Waals surface area contributed by atoms with Crippen LogP contribution in [-0.2, 0) is 5.41 Å². The number of nitrogens with two attached hydrogens (primary N) is 2. The molecule has 2 aromatic rings. The Kier molecular flexibility index (Phi) is 5.71. The normalized spacial score (nSPS) is 24.3. The molecule has 0 unspecified atom stereocenters. The van der Waals surface area contributed by atoms with E-state index in [1.807, 2.05) is 23.1 Å². The quantitative estimate of drug-likeness (QED) is 0.766.